The monoisotopic (exact) mass is 383 g/mol. The molecule has 8 nitrogen and oxygen atoms in total. The van der Waals surface area contributed by atoms with E-state index in [1.165, 1.54) is 18.4 Å². The summed E-state index contributed by atoms with van der Waals surface area (Å²) in [5.41, 5.74) is 0.832. The summed E-state index contributed by atoms with van der Waals surface area (Å²) in [7, 11) is -0.594. The number of anilines is 1. The Balaban J connectivity index is 2.06. The Morgan fingerprint density at radius 2 is 2.08 bits per heavy atom. The molecule has 0 aliphatic carbocycles. The summed E-state index contributed by atoms with van der Waals surface area (Å²) in [6.45, 7) is 2.54. The number of hydrogen-bond donors (Lipinski definition) is 1. The summed E-state index contributed by atoms with van der Waals surface area (Å²) in [5, 5.41) is 2.77. The average molecular weight is 383 g/mol. The quantitative estimate of drug-likeness (QED) is 0.748. The van der Waals surface area contributed by atoms with Crippen molar-refractivity contribution in [2.45, 2.75) is 19.8 Å². The van der Waals surface area contributed by atoms with Crippen LogP contribution in [0.4, 0.5) is 5.69 Å². The zero-order valence-electron chi connectivity index (χ0n) is 15.3. The molecule has 1 atom stereocenters. The summed E-state index contributed by atoms with van der Waals surface area (Å²) in [4.78, 5) is 24.3. The molecule has 1 unspecified atom stereocenters. The Morgan fingerprint density at radius 3 is 2.73 bits per heavy atom. The topological polar surface area (TPSA) is 96.0 Å². The number of piperidine rings is 1. The standard InChI is InChI=1S/C17H25N3O5S/c1-4-25-17(22)13-7-5-9-15(11-13)18-16(21)14-8-6-10-20(12-14)26(23,24)19(2)3/h5,7,9,11,14H,4,6,8,10,12H2,1-3H3,(H,18,21). The van der Waals surface area contributed by atoms with E-state index < -0.39 is 22.1 Å². The number of nitrogens with one attached hydrogen (secondary N) is 1. The van der Waals surface area contributed by atoms with Gasteiger partial charge in [0.05, 0.1) is 18.1 Å². The first-order valence-electron chi connectivity index (χ1n) is 8.51. The number of carbonyl (C=O) groups excluding carboxylic acids is 2. The third kappa shape index (κ3) is 4.80. The Hall–Kier alpha value is -1.97. The molecule has 144 valence electrons. The number of benzene rings is 1. The van der Waals surface area contributed by atoms with Gasteiger partial charge in [0.2, 0.25) is 5.91 Å². The van der Waals surface area contributed by atoms with Gasteiger partial charge in [-0.2, -0.15) is 17.0 Å². The van der Waals surface area contributed by atoms with E-state index in [4.69, 9.17) is 4.74 Å². The van der Waals surface area contributed by atoms with Gasteiger partial charge >= 0.3 is 5.97 Å². The minimum Gasteiger partial charge on any atom is -0.462 e. The lowest BCUT2D eigenvalue weighted by atomic mass is 9.98. The van der Waals surface area contributed by atoms with Crippen molar-refractivity contribution < 1.29 is 22.7 Å². The van der Waals surface area contributed by atoms with Gasteiger partial charge in [0.1, 0.15) is 0 Å². The van der Waals surface area contributed by atoms with Gasteiger partial charge in [-0.05, 0) is 38.0 Å². The molecule has 26 heavy (non-hydrogen) atoms. The van der Waals surface area contributed by atoms with Crippen LogP contribution in [0.2, 0.25) is 0 Å². The first-order valence-corrected chi connectivity index (χ1v) is 9.91. The highest BCUT2D eigenvalue weighted by Gasteiger charge is 2.33. The van der Waals surface area contributed by atoms with E-state index in [1.807, 2.05) is 0 Å². The highest BCUT2D eigenvalue weighted by atomic mass is 32.2. The molecule has 1 saturated heterocycles. The largest absolute Gasteiger partial charge is 0.462 e. The number of esters is 1. The van der Waals surface area contributed by atoms with Crippen molar-refractivity contribution in [1.82, 2.24) is 8.61 Å². The molecule has 1 aliphatic rings. The van der Waals surface area contributed by atoms with Crippen LogP contribution in [0.1, 0.15) is 30.1 Å². The predicted molar refractivity (Wildman–Crippen MR) is 97.9 cm³/mol. The molecule has 1 N–H and O–H groups in total. The van der Waals surface area contributed by atoms with Gasteiger partial charge in [0.15, 0.2) is 0 Å². The van der Waals surface area contributed by atoms with Crippen molar-refractivity contribution in [2.75, 3.05) is 39.1 Å². The van der Waals surface area contributed by atoms with E-state index in [-0.39, 0.29) is 19.1 Å². The second kappa shape index (κ2) is 8.61. The van der Waals surface area contributed by atoms with Gasteiger partial charge in [0.25, 0.3) is 10.2 Å². The van der Waals surface area contributed by atoms with Crippen molar-refractivity contribution in [3.63, 3.8) is 0 Å². The second-order valence-corrected chi connectivity index (χ2v) is 8.42. The Kier molecular flexibility index (Phi) is 6.74. The molecule has 0 saturated carbocycles. The number of carbonyl (C=O) groups is 2. The fraction of sp³-hybridized carbons (Fsp3) is 0.529. The number of amides is 1. The summed E-state index contributed by atoms with van der Waals surface area (Å²) >= 11 is 0. The van der Waals surface area contributed by atoms with Crippen LogP contribution in [0, 0.1) is 5.92 Å². The summed E-state index contributed by atoms with van der Waals surface area (Å²) in [6.07, 6.45) is 1.23. The van der Waals surface area contributed by atoms with Crippen LogP contribution in [0.25, 0.3) is 0 Å². The van der Waals surface area contributed by atoms with E-state index in [2.05, 4.69) is 5.32 Å². The molecule has 0 spiro atoms. The van der Waals surface area contributed by atoms with E-state index in [0.29, 0.717) is 30.6 Å². The molecule has 0 aromatic heterocycles. The number of ether oxygens (including phenoxy) is 1. The first kappa shape index (κ1) is 20.3. The lowest BCUT2D eigenvalue weighted by molar-refractivity contribution is -0.120. The van der Waals surface area contributed by atoms with E-state index in [1.54, 1.807) is 31.2 Å². The maximum atomic E-state index is 12.6. The van der Waals surface area contributed by atoms with Gasteiger partial charge in [-0.15, -0.1) is 0 Å². The van der Waals surface area contributed by atoms with Gasteiger partial charge in [0, 0.05) is 32.9 Å². The van der Waals surface area contributed by atoms with Crippen LogP contribution < -0.4 is 5.32 Å². The smallest absolute Gasteiger partial charge is 0.338 e. The van der Waals surface area contributed by atoms with Crippen molar-refractivity contribution in [2.24, 2.45) is 5.92 Å². The van der Waals surface area contributed by atoms with Gasteiger partial charge in [-0.1, -0.05) is 6.07 Å². The van der Waals surface area contributed by atoms with E-state index >= 15 is 0 Å². The molecule has 2 rings (SSSR count). The first-order chi connectivity index (χ1) is 12.3. The minimum absolute atomic E-state index is 0.143. The lowest BCUT2D eigenvalue weighted by Gasteiger charge is -2.32. The van der Waals surface area contributed by atoms with Gasteiger partial charge in [-0.25, -0.2) is 4.79 Å². The minimum atomic E-state index is -3.54. The molecular formula is C17H25N3O5S. The summed E-state index contributed by atoms with van der Waals surface area (Å²) in [6, 6.07) is 6.50. The molecule has 1 heterocycles. The normalized spacial score (nSPS) is 18.5. The van der Waals surface area contributed by atoms with Crippen LogP contribution in [-0.2, 0) is 19.7 Å². The fourth-order valence-electron chi connectivity index (χ4n) is 2.78. The second-order valence-electron chi connectivity index (χ2n) is 6.28. The zero-order chi connectivity index (χ0) is 19.3. The molecule has 9 heteroatoms. The number of nitrogens with zero attached hydrogens (tertiary/aromatic N) is 2. The fourth-order valence-corrected chi connectivity index (χ4v) is 3.97. The lowest BCUT2D eigenvalue weighted by Crippen LogP contribution is -2.47. The van der Waals surface area contributed by atoms with Crippen LogP contribution >= 0.6 is 0 Å². The molecule has 0 radical (unpaired) electrons. The molecule has 0 bridgehead atoms. The zero-order valence-corrected chi connectivity index (χ0v) is 16.1. The van der Waals surface area contributed by atoms with Gasteiger partial charge < -0.3 is 10.1 Å². The Labute approximate surface area is 154 Å². The third-order valence-corrected chi connectivity index (χ3v) is 6.09. The average Bonchev–Trinajstić information content (AvgIpc) is 2.62. The van der Waals surface area contributed by atoms with Crippen LogP contribution in [0.15, 0.2) is 24.3 Å². The molecule has 1 aromatic carbocycles. The van der Waals surface area contributed by atoms with Crippen LogP contribution in [0.3, 0.4) is 0 Å². The van der Waals surface area contributed by atoms with Crippen molar-refractivity contribution >= 4 is 27.8 Å². The summed E-state index contributed by atoms with van der Waals surface area (Å²) in [5.74, 6) is -1.15. The summed E-state index contributed by atoms with van der Waals surface area (Å²) < 4.78 is 32.0. The highest BCUT2D eigenvalue weighted by Crippen LogP contribution is 2.22. The molecule has 1 fully saturated rings. The van der Waals surface area contributed by atoms with Gasteiger partial charge in [-0.3, -0.25) is 4.79 Å². The number of hydrogen-bond acceptors (Lipinski definition) is 5. The predicted octanol–water partition coefficient (Wildman–Crippen LogP) is 1.32. The molecular weight excluding hydrogens is 358 g/mol. The molecule has 1 amide bonds. The van der Waals surface area contributed by atoms with Crippen molar-refractivity contribution in [1.29, 1.82) is 0 Å². The van der Waals surface area contributed by atoms with Crippen LogP contribution in [0.5, 0.6) is 0 Å². The van der Waals surface area contributed by atoms with E-state index in [9.17, 15) is 18.0 Å². The van der Waals surface area contributed by atoms with Crippen molar-refractivity contribution in [3.05, 3.63) is 29.8 Å². The number of rotatable bonds is 6. The molecule has 1 aliphatic heterocycles. The highest BCUT2D eigenvalue weighted by molar-refractivity contribution is 7.86. The third-order valence-electron chi connectivity index (χ3n) is 4.18. The Bertz CT molecular complexity index is 763. The molecule has 1 aromatic rings. The van der Waals surface area contributed by atoms with Crippen molar-refractivity contribution in [3.8, 4) is 0 Å². The van der Waals surface area contributed by atoms with Crippen LogP contribution in [-0.4, -0.2) is 62.7 Å². The Morgan fingerprint density at radius 1 is 1.35 bits per heavy atom. The maximum absolute atomic E-state index is 12.6. The SMILES string of the molecule is CCOC(=O)c1cccc(NC(=O)C2CCCN(S(=O)(=O)N(C)C)C2)c1. The maximum Gasteiger partial charge on any atom is 0.338 e. The van der Waals surface area contributed by atoms with E-state index in [0.717, 1.165) is 4.31 Å².